The Labute approximate surface area is 117 Å². The van der Waals surface area contributed by atoms with Crippen LogP contribution in [0.25, 0.3) is 0 Å². The van der Waals surface area contributed by atoms with Gasteiger partial charge < -0.3 is 15.8 Å². The van der Waals surface area contributed by atoms with Crippen LogP contribution in [0.5, 0.6) is 0 Å². The standard InChI is InChI=1S/C12H16N2O5S/c1-2-20(17,18)10-5-3-9(4-6-10)11(7-14-8-15)19-12(13)16/h3-6,8,11H,2,7H2,1H3,(H2,13,16)(H,14,15)/t11-/m0/s1. The van der Waals surface area contributed by atoms with Crippen molar-refractivity contribution in [2.24, 2.45) is 5.73 Å². The Hall–Kier alpha value is -2.09. The van der Waals surface area contributed by atoms with Gasteiger partial charge in [0.15, 0.2) is 9.84 Å². The molecule has 0 heterocycles. The van der Waals surface area contributed by atoms with Gasteiger partial charge in [-0.15, -0.1) is 0 Å². The van der Waals surface area contributed by atoms with Gasteiger partial charge in [0.2, 0.25) is 6.41 Å². The molecule has 110 valence electrons. The predicted octanol–water partition coefficient (Wildman–Crippen LogP) is 0.363. The molecule has 3 N–H and O–H groups in total. The number of amides is 2. The lowest BCUT2D eigenvalue weighted by molar-refractivity contribution is -0.110. The van der Waals surface area contributed by atoms with E-state index in [1.807, 2.05) is 0 Å². The monoisotopic (exact) mass is 300 g/mol. The minimum absolute atomic E-state index is 0.000256. The van der Waals surface area contributed by atoms with E-state index in [1.165, 1.54) is 24.3 Å². The summed E-state index contributed by atoms with van der Waals surface area (Å²) in [7, 11) is -3.28. The number of hydrogen-bond donors (Lipinski definition) is 2. The molecule has 0 saturated heterocycles. The summed E-state index contributed by atoms with van der Waals surface area (Å²) in [5.41, 5.74) is 5.49. The highest BCUT2D eigenvalue weighted by molar-refractivity contribution is 7.91. The van der Waals surface area contributed by atoms with E-state index >= 15 is 0 Å². The summed E-state index contributed by atoms with van der Waals surface area (Å²) < 4.78 is 28.2. The van der Waals surface area contributed by atoms with Crippen molar-refractivity contribution >= 4 is 22.3 Å². The molecule has 8 heteroatoms. The number of carbonyl (C=O) groups excluding carboxylic acids is 2. The van der Waals surface area contributed by atoms with Crippen LogP contribution in [0.2, 0.25) is 0 Å². The number of hydrogen-bond acceptors (Lipinski definition) is 5. The maximum absolute atomic E-state index is 11.7. The van der Waals surface area contributed by atoms with E-state index in [1.54, 1.807) is 6.92 Å². The summed E-state index contributed by atoms with van der Waals surface area (Å²) in [5.74, 6) is 0.000256. The van der Waals surface area contributed by atoms with Crippen molar-refractivity contribution in [2.75, 3.05) is 12.3 Å². The summed E-state index contributed by atoms with van der Waals surface area (Å²) in [4.78, 5) is 21.3. The van der Waals surface area contributed by atoms with Crippen molar-refractivity contribution < 1.29 is 22.7 Å². The Morgan fingerprint density at radius 3 is 2.45 bits per heavy atom. The molecule has 7 nitrogen and oxygen atoms in total. The summed E-state index contributed by atoms with van der Waals surface area (Å²) in [6.45, 7) is 1.60. The van der Waals surface area contributed by atoms with E-state index in [0.717, 1.165) is 0 Å². The molecule has 0 bridgehead atoms. The van der Waals surface area contributed by atoms with Crippen LogP contribution < -0.4 is 11.1 Å². The van der Waals surface area contributed by atoms with E-state index < -0.39 is 22.0 Å². The number of carbonyl (C=O) groups is 2. The molecule has 0 radical (unpaired) electrons. The van der Waals surface area contributed by atoms with Gasteiger partial charge >= 0.3 is 6.09 Å². The molecule has 1 atom stereocenters. The lowest BCUT2D eigenvalue weighted by atomic mass is 10.1. The predicted molar refractivity (Wildman–Crippen MR) is 71.6 cm³/mol. The Morgan fingerprint density at radius 2 is 2.00 bits per heavy atom. The van der Waals surface area contributed by atoms with E-state index in [-0.39, 0.29) is 17.2 Å². The number of nitrogens with two attached hydrogens (primary N) is 1. The smallest absolute Gasteiger partial charge is 0.405 e. The first-order valence-electron chi connectivity index (χ1n) is 5.86. The SMILES string of the molecule is CCS(=O)(=O)c1ccc([C@H](CNC=O)OC(N)=O)cc1. The van der Waals surface area contributed by atoms with Gasteiger partial charge in [-0.25, -0.2) is 13.2 Å². The molecule has 0 aliphatic rings. The van der Waals surface area contributed by atoms with Crippen molar-refractivity contribution in [3.05, 3.63) is 29.8 Å². The van der Waals surface area contributed by atoms with E-state index in [9.17, 15) is 18.0 Å². The maximum Gasteiger partial charge on any atom is 0.405 e. The van der Waals surface area contributed by atoms with Crippen LogP contribution in [-0.2, 0) is 19.4 Å². The van der Waals surface area contributed by atoms with Crippen LogP contribution in [0.1, 0.15) is 18.6 Å². The van der Waals surface area contributed by atoms with E-state index in [2.05, 4.69) is 5.32 Å². The zero-order valence-corrected chi connectivity index (χ0v) is 11.7. The Morgan fingerprint density at radius 1 is 1.40 bits per heavy atom. The van der Waals surface area contributed by atoms with Crippen LogP contribution in [0.4, 0.5) is 4.79 Å². The average molecular weight is 300 g/mol. The molecule has 2 amide bonds. The van der Waals surface area contributed by atoms with Gasteiger partial charge in [-0.3, -0.25) is 4.79 Å². The van der Waals surface area contributed by atoms with Gasteiger partial charge in [-0.1, -0.05) is 19.1 Å². The molecule has 0 fully saturated rings. The first kappa shape index (κ1) is 16.0. The summed E-state index contributed by atoms with van der Waals surface area (Å²) >= 11 is 0. The summed E-state index contributed by atoms with van der Waals surface area (Å²) in [5, 5.41) is 2.38. The average Bonchev–Trinajstić information content (AvgIpc) is 2.43. The molecule has 0 aromatic heterocycles. The number of rotatable bonds is 7. The topological polar surface area (TPSA) is 116 Å². The van der Waals surface area contributed by atoms with Crippen molar-refractivity contribution in [1.29, 1.82) is 0 Å². The van der Waals surface area contributed by atoms with E-state index in [4.69, 9.17) is 10.5 Å². The molecule has 0 aliphatic carbocycles. The second-order valence-electron chi connectivity index (χ2n) is 3.92. The van der Waals surface area contributed by atoms with Crippen LogP contribution in [0, 0.1) is 0 Å². The quantitative estimate of drug-likeness (QED) is 0.705. The second-order valence-corrected chi connectivity index (χ2v) is 6.20. The molecular weight excluding hydrogens is 284 g/mol. The Bertz CT molecular complexity index is 568. The number of primary amides is 1. The van der Waals surface area contributed by atoms with Crippen molar-refractivity contribution in [3.8, 4) is 0 Å². The minimum Gasteiger partial charge on any atom is -0.440 e. The third kappa shape index (κ3) is 4.23. The Kier molecular flexibility index (Phi) is 5.51. The molecular formula is C12H16N2O5S. The van der Waals surface area contributed by atoms with Crippen LogP contribution in [0.15, 0.2) is 29.2 Å². The minimum atomic E-state index is -3.28. The molecule has 0 unspecified atom stereocenters. The van der Waals surface area contributed by atoms with Crippen LogP contribution in [-0.4, -0.2) is 33.2 Å². The van der Waals surface area contributed by atoms with Crippen LogP contribution >= 0.6 is 0 Å². The highest BCUT2D eigenvalue weighted by Gasteiger charge is 2.17. The third-order valence-corrected chi connectivity index (χ3v) is 4.39. The Balaban J connectivity index is 2.98. The van der Waals surface area contributed by atoms with Gasteiger partial charge in [-0.05, 0) is 17.7 Å². The lowest BCUT2D eigenvalue weighted by Crippen LogP contribution is -2.26. The fourth-order valence-electron chi connectivity index (χ4n) is 1.58. The summed E-state index contributed by atoms with van der Waals surface area (Å²) in [6.07, 6.45) is -1.28. The largest absolute Gasteiger partial charge is 0.440 e. The zero-order valence-electron chi connectivity index (χ0n) is 10.9. The first-order valence-corrected chi connectivity index (χ1v) is 7.51. The number of sulfone groups is 1. The van der Waals surface area contributed by atoms with Gasteiger partial charge in [0.1, 0.15) is 6.10 Å². The second kappa shape index (κ2) is 6.90. The van der Waals surface area contributed by atoms with Gasteiger partial charge in [-0.2, -0.15) is 0 Å². The molecule has 1 aromatic rings. The molecule has 0 spiro atoms. The van der Waals surface area contributed by atoms with Gasteiger partial charge in [0.25, 0.3) is 0 Å². The van der Waals surface area contributed by atoms with Gasteiger partial charge in [0, 0.05) is 0 Å². The highest BCUT2D eigenvalue weighted by Crippen LogP contribution is 2.19. The normalized spacial score (nSPS) is 12.4. The van der Waals surface area contributed by atoms with Crippen molar-refractivity contribution in [3.63, 3.8) is 0 Å². The number of nitrogens with one attached hydrogen (secondary N) is 1. The van der Waals surface area contributed by atoms with Gasteiger partial charge in [0.05, 0.1) is 17.2 Å². The fourth-order valence-corrected chi connectivity index (χ4v) is 2.46. The van der Waals surface area contributed by atoms with Crippen molar-refractivity contribution in [1.82, 2.24) is 5.32 Å². The van der Waals surface area contributed by atoms with Crippen molar-refractivity contribution in [2.45, 2.75) is 17.9 Å². The summed E-state index contributed by atoms with van der Waals surface area (Å²) in [6, 6.07) is 5.88. The molecule has 0 saturated carbocycles. The van der Waals surface area contributed by atoms with Crippen LogP contribution in [0.3, 0.4) is 0 Å². The zero-order chi connectivity index (χ0) is 15.2. The maximum atomic E-state index is 11.7. The highest BCUT2D eigenvalue weighted by atomic mass is 32.2. The number of benzene rings is 1. The van der Waals surface area contributed by atoms with E-state index in [0.29, 0.717) is 12.0 Å². The third-order valence-electron chi connectivity index (χ3n) is 2.64. The lowest BCUT2D eigenvalue weighted by Gasteiger charge is -2.16. The molecule has 20 heavy (non-hydrogen) atoms. The molecule has 1 aromatic carbocycles. The first-order chi connectivity index (χ1) is 9.40. The molecule has 1 rings (SSSR count). The fraction of sp³-hybridized carbons (Fsp3) is 0.333. The molecule has 0 aliphatic heterocycles. The number of ether oxygens (including phenoxy) is 1.